The molecule has 1 aromatic carbocycles. The highest BCUT2D eigenvalue weighted by Gasteiger charge is 2.26. The fourth-order valence-electron chi connectivity index (χ4n) is 2.71. The van der Waals surface area contributed by atoms with Crippen LogP contribution in [-0.4, -0.2) is 36.1 Å². The zero-order valence-electron chi connectivity index (χ0n) is 13.3. The number of anilines is 1. The minimum atomic E-state index is 0.0687. The second kappa shape index (κ2) is 6.64. The number of rotatable bonds is 5. The number of methoxy groups -OCH3 is 1. The molecule has 23 heavy (non-hydrogen) atoms. The Morgan fingerprint density at radius 3 is 2.74 bits per heavy atom. The highest BCUT2D eigenvalue weighted by Crippen LogP contribution is 2.28. The average molecular weight is 313 g/mol. The summed E-state index contributed by atoms with van der Waals surface area (Å²) >= 11 is 0. The number of hydrogen-bond acceptors (Lipinski definition) is 5. The maximum absolute atomic E-state index is 12.2. The van der Waals surface area contributed by atoms with E-state index in [1.165, 1.54) is 6.33 Å². The molecule has 0 fully saturated rings. The summed E-state index contributed by atoms with van der Waals surface area (Å²) in [6.45, 7) is 2.76. The maximum atomic E-state index is 12.2. The van der Waals surface area contributed by atoms with Crippen molar-refractivity contribution in [2.45, 2.75) is 19.8 Å². The number of ether oxygens (including phenoxy) is 2. The molecule has 0 radical (unpaired) electrons. The largest absolute Gasteiger partial charge is 0.493 e. The number of amides is 1. The molecule has 3 rings (SSSR count). The Balaban J connectivity index is 1.71. The molecular formula is C17H19N3O3. The van der Waals surface area contributed by atoms with Gasteiger partial charge in [-0.1, -0.05) is 12.1 Å². The standard InChI is InChI=1S/C17H19N3O3/c1-12-13-7-8-16(21)20(17(13)19-11-18-12)9-10-23-15-6-4-3-5-14(15)22-2/h3-6,11H,7-10H2,1-2H3. The van der Waals surface area contributed by atoms with Gasteiger partial charge in [-0.15, -0.1) is 0 Å². The first-order valence-corrected chi connectivity index (χ1v) is 7.57. The van der Waals surface area contributed by atoms with Crippen LogP contribution in [0.2, 0.25) is 0 Å². The number of fused-ring (bicyclic) bond motifs is 1. The van der Waals surface area contributed by atoms with E-state index in [1.54, 1.807) is 12.0 Å². The van der Waals surface area contributed by atoms with Crippen molar-refractivity contribution >= 4 is 11.7 Å². The highest BCUT2D eigenvalue weighted by atomic mass is 16.5. The molecule has 0 aliphatic carbocycles. The summed E-state index contributed by atoms with van der Waals surface area (Å²) in [5.74, 6) is 2.12. The fourth-order valence-corrected chi connectivity index (χ4v) is 2.71. The van der Waals surface area contributed by atoms with E-state index in [2.05, 4.69) is 9.97 Å². The van der Waals surface area contributed by atoms with E-state index in [0.29, 0.717) is 43.3 Å². The van der Waals surface area contributed by atoms with E-state index in [9.17, 15) is 4.79 Å². The SMILES string of the molecule is COc1ccccc1OCCN1C(=O)CCc2c(C)ncnc21. The van der Waals surface area contributed by atoms with E-state index in [1.807, 2.05) is 31.2 Å². The van der Waals surface area contributed by atoms with Crippen molar-refractivity contribution in [1.29, 1.82) is 0 Å². The number of para-hydroxylation sites is 2. The lowest BCUT2D eigenvalue weighted by atomic mass is 10.0. The van der Waals surface area contributed by atoms with Gasteiger partial charge in [-0.2, -0.15) is 0 Å². The Morgan fingerprint density at radius 2 is 1.96 bits per heavy atom. The molecule has 6 heteroatoms. The third-order valence-corrected chi connectivity index (χ3v) is 3.93. The molecule has 2 aromatic rings. The zero-order valence-corrected chi connectivity index (χ0v) is 13.3. The monoisotopic (exact) mass is 313 g/mol. The summed E-state index contributed by atoms with van der Waals surface area (Å²) < 4.78 is 11.0. The van der Waals surface area contributed by atoms with Crippen LogP contribution in [0, 0.1) is 6.92 Å². The predicted octanol–water partition coefficient (Wildman–Crippen LogP) is 2.15. The van der Waals surface area contributed by atoms with Crippen molar-refractivity contribution in [1.82, 2.24) is 9.97 Å². The quantitative estimate of drug-likeness (QED) is 0.846. The average Bonchev–Trinajstić information content (AvgIpc) is 2.57. The minimum Gasteiger partial charge on any atom is -0.493 e. The molecule has 2 heterocycles. The molecule has 0 spiro atoms. The minimum absolute atomic E-state index is 0.0687. The lowest BCUT2D eigenvalue weighted by molar-refractivity contribution is -0.119. The lowest BCUT2D eigenvalue weighted by Crippen LogP contribution is -2.39. The Kier molecular flexibility index (Phi) is 4.41. The van der Waals surface area contributed by atoms with Crippen LogP contribution in [-0.2, 0) is 11.2 Å². The summed E-state index contributed by atoms with van der Waals surface area (Å²) in [4.78, 5) is 22.4. The van der Waals surface area contributed by atoms with Crippen molar-refractivity contribution in [2.75, 3.05) is 25.2 Å². The maximum Gasteiger partial charge on any atom is 0.228 e. The van der Waals surface area contributed by atoms with Crippen molar-refractivity contribution < 1.29 is 14.3 Å². The number of benzene rings is 1. The van der Waals surface area contributed by atoms with Crippen LogP contribution >= 0.6 is 0 Å². The molecule has 0 bridgehead atoms. The molecule has 1 amide bonds. The molecule has 120 valence electrons. The number of aromatic nitrogens is 2. The lowest BCUT2D eigenvalue weighted by Gasteiger charge is -2.28. The molecule has 0 saturated carbocycles. The smallest absolute Gasteiger partial charge is 0.228 e. The van der Waals surface area contributed by atoms with Crippen LogP contribution in [0.1, 0.15) is 17.7 Å². The molecule has 1 aromatic heterocycles. The summed E-state index contributed by atoms with van der Waals surface area (Å²) in [5, 5.41) is 0. The number of aryl methyl sites for hydroxylation is 1. The summed E-state index contributed by atoms with van der Waals surface area (Å²) in [7, 11) is 1.60. The summed E-state index contributed by atoms with van der Waals surface area (Å²) in [5.41, 5.74) is 1.97. The molecule has 0 atom stereocenters. The fraction of sp³-hybridized carbons (Fsp3) is 0.353. The van der Waals surface area contributed by atoms with Crippen LogP contribution in [0.4, 0.5) is 5.82 Å². The van der Waals surface area contributed by atoms with E-state index < -0.39 is 0 Å². The van der Waals surface area contributed by atoms with Crippen molar-refractivity contribution in [3.63, 3.8) is 0 Å². The molecule has 0 N–H and O–H groups in total. The first-order chi connectivity index (χ1) is 11.2. The third kappa shape index (κ3) is 3.11. The van der Waals surface area contributed by atoms with Crippen LogP contribution < -0.4 is 14.4 Å². The summed E-state index contributed by atoms with van der Waals surface area (Å²) in [6, 6.07) is 7.45. The second-order valence-electron chi connectivity index (χ2n) is 5.31. The molecular weight excluding hydrogens is 294 g/mol. The van der Waals surface area contributed by atoms with Gasteiger partial charge in [-0.25, -0.2) is 9.97 Å². The van der Waals surface area contributed by atoms with Crippen LogP contribution in [0.5, 0.6) is 11.5 Å². The molecule has 0 saturated heterocycles. The highest BCUT2D eigenvalue weighted by molar-refractivity contribution is 5.95. The molecule has 1 aliphatic rings. The normalized spacial score (nSPS) is 13.7. The van der Waals surface area contributed by atoms with Crippen LogP contribution in [0.25, 0.3) is 0 Å². The van der Waals surface area contributed by atoms with Crippen LogP contribution in [0.3, 0.4) is 0 Å². The molecule has 0 unspecified atom stereocenters. The molecule has 1 aliphatic heterocycles. The van der Waals surface area contributed by atoms with Gasteiger partial charge in [0.15, 0.2) is 11.5 Å². The Bertz CT molecular complexity index is 718. The van der Waals surface area contributed by atoms with E-state index in [-0.39, 0.29) is 5.91 Å². The van der Waals surface area contributed by atoms with Crippen molar-refractivity contribution in [2.24, 2.45) is 0 Å². The first kappa shape index (κ1) is 15.3. The Labute approximate surface area is 135 Å². The number of carbonyl (C=O) groups is 1. The van der Waals surface area contributed by atoms with Crippen molar-refractivity contribution in [3.8, 4) is 11.5 Å². The first-order valence-electron chi connectivity index (χ1n) is 7.57. The van der Waals surface area contributed by atoms with Gasteiger partial charge in [-0.05, 0) is 25.5 Å². The number of nitrogens with zero attached hydrogens (tertiary/aromatic N) is 3. The van der Waals surface area contributed by atoms with Gasteiger partial charge >= 0.3 is 0 Å². The third-order valence-electron chi connectivity index (χ3n) is 3.93. The molecule has 6 nitrogen and oxygen atoms in total. The number of carbonyl (C=O) groups excluding carboxylic acids is 1. The van der Waals surface area contributed by atoms with E-state index >= 15 is 0 Å². The predicted molar refractivity (Wildman–Crippen MR) is 85.9 cm³/mol. The summed E-state index contributed by atoms with van der Waals surface area (Å²) in [6.07, 6.45) is 2.68. The topological polar surface area (TPSA) is 64.6 Å². The van der Waals surface area contributed by atoms with Gasteiger partial charge in [-0.3, -0.25) is 9.69 Å². The van der Waals surface area contributed by atoms with Gasteiger partial charge in [0.2, 0.25) is 5.91 Å². The second-order valence-corrected chi connectivity index (χ2v) is 5.31. The van der Waals surface area contributed by atoms with Gasteiger partial charge in [0, 0.05) is 17.7 Å². The Morgan fingerprint density at radius 1 is 1.17 bits per heavy atom. The van der Waals surface area contributed by atoms with Gasteiger partial charge < -0.3 is 9.47 Å². The van der Waals surface area contributed by atoms with Gasteiger partial charge in [0.05, 0.1) is 13.7 Å². The van der Waals surface area contributed by atoms with Crippen LogP contribution in [0.15, 0.2) is 30.6 Å². The van der Waals surface area contributed by atoms with E-state index in [0.717, 1.165) is 11.3 Å². The Hall–Kier alpha value is -2.63. The zero-order chi connectivity index (χ0) is 16.2. The van der Waals surface area contributed by atoms with Crippen molar-refractivity contribution in [3.05, 3.63) is 41.9 Å². The number of hydrogen-bond donors (Lipinski definition) is 0. The van der Waals surface area contributed by atoms with Gasteiger partial charge in [0.1, 0.15) is 18.8 Å². The van der Waals surface area contributed by atoms with E-state index in [4.69, 9.17) is 9.47 Å². The van der Waals surface area contributed by atoms with Gasteiger partial charge in [0.25, 0.3) is 0 Å².